The number of amides is 3. The zero-order valence-corrected chi connectivity index (χ0v) is 11.4. The van der Waals surface area contributed by atoms with Crippen LogP contribution in [0.5, 0.6) is 0 Å². The van der Waals surface area contributed by atoms with E-state index in [0.29, 0.717) is 13.1 Å². The molecular formula is C13H21N3O4. The van der Waals surface area contributed by atoms with Crippen LogP contribution >= 0.6 is 0 Å². The molecule has 0 aromatic heterocycles. The number of piperazine rings is 1. The smallest absolute Gasteiger partial charge is 0.318 e. The molecule has 0 aromatic rings. The molecule has 1 atom stereocenters. The van der Waals surface area contributed by atoms with Gasteiger partial charge >= 0.3 is 12.0 Å². The predicted octanol–water partition coefficient (Wildman–Crippen LogP) is 0.304. The van der Waals surface area contributed by atoms with Crippen LogP contribution in [-0.2, 0) is 9.59 Å². The Morgan fingerprint density at radius 1 is 1.30 bits per heavy atom. The van der Waals surface area contributed by atoms with Gasteiger partial charge < -0.3 is 20.6 Å². The molecule has 1 saturated heterocycles. The Labute approximate surface area is 117 Å². The second-order valence-electron chi connectivity index (χ2n) is 5.38. The highest BCUT2D eigenvalue weighted by Crippen LogP contribution is 2.18. The van der Waals surface area contributed by atoms with Crippen molar-refractivity contribution >= 4 is 17.9 Å². The van der Waals surface area contributed by atoms with E-state index in [4.69, 9.17) is 5.11 Å². The quantitative estimate of drug-likeness (QED) is 0.694. The van der Waals surface area contributed by atoms with Crippen molar-refractivity contribution in [3.05, 3.63) is 0 Å². The molecule has 112 valence electrons. The van der Waals surface area contributed by atoms with Crippen LogP contribution in [-0.4, -0.2) is 53.1 Å². The predicted molar refractivity (Wildman–Crippen MR) is 71.2 cm³/mol. The Balaban J connectivity index is 1.97. The summed E-state index contributed by atoms with van der Waals surface area (Å²) in [6, 6.07) is -1.09. The monoisotopic (exact) mass is 283 g/mol. The third-order valence-corrected chi connectivity index (χ3v) is 3.89. The molecule has 1 unspecified atom stereocenters. The lowest BCUT2D eigenvalue weighted by Gasteiger charge is -2.35. The number of carboxylic acids is 1. The molecule has 2 aliphatic rings. The van der Waals surface area contributed by atoms with Gasteiger partial charge in [-0.1, -0.05) is 19.3 Å². The molecule has 1 aliphatic carbocycles. The SMILES string of the molecule is O=C(O)CC1C(=O)NCCN1C(=O)NC1CCCCC1. The van der Waals surface area contributed by atoms with E-state index in [1.165, 1.54) is 11.3 Å². The molecule has 0 bridgehead atoms. The van der Waals surface area contributed by atoms with Gasteiger partial charge in [-0.2, -0.15) is 0 Å². The van der Waals surface area contributed by atoms with Crippen LogP contribution in [0.1, 0.15) is 38.5 Å². The molecule has 1 saturated carbocycles. The normalized spacial score (nSPS) is 24.1. The second kappa shape index (κ2) is 6.58. The number of carbonyl (C=O) groups is 3. The molecule has 1 heterocycles. The summed E-state index contributed by atoms with van der Waals surface area (Å²) in [4.78, 5) is 36.2. The first-order chi connectivity index (χ1) is 9.58. The maximum Gasteiger partial charge on any atom is 0.318 e. The van der Waals surface area contributed by atoms with Crippen molar-refractivity contribution in [2.24, 2.45) is 0 Å². The minimum atomic E-state index is -1.08. The number of aliphatic carboxylic acids is 1. The Bertz CT molecular complexity index is 393. The van der Waals surface area contributed by atoms with Gasteiger partial charge in [0.25, 0.3) is 0 Å². The number of nitrogens with zero attached hydrogens (tertiary/aromatic N) is 1. The first kappa shape index (κ1) is 14.6. The molecule has 20 heavy (non-hydrogen) atoms. The summed E-state index contributed by atoms with van der Waals surface area (Å²) in [6.45, 7) is 0.718. The Morgan fingerprint density at radius 2 is 2.00 bits per heavy atom. The standard InChI is InChI=1S/C13H21N3O4/c17-11(18)8-10-12(19)14-6-7-16(10)13(20)15-9-4-2-1-3-5-9/h9-10H,1-8H2,(H,14,19)(H,15,20)(H,17,18). The van der Waals surface area contributed by atoms with Crippen LogP contribution in [0, 0.1) is 0 Å². The third kappa shape index (κ3) is 3.61. The minimum Gasteiger partial charge on any atom is -0.481 e. The lowest BCUT2D eigenvalue weighted by atomic mass is 9.95. The van der Waals surface area contributed by atoms with Gasteiger partial charge in [0.2, 0.25) is 5.91 Å². The fourth-order valence-electron chi connectivity index (χ4n) is 2.83. The van der Waals surface area contributed by atoms with Crippen LogP contribution in [0.4, 0.5) is 4.79 Å². The number of hydrogen-bond acceptors (Lipinski definition) is 3. The average molecular weight is 283 g/mol. The van der Waals surface area contributed by atoms with Crippen molar-refractivity contribution in [1.82, 2.24) is 15.5 Å². The van der Waals surface area contributed by atoms with Crippen LogP contribution in [0.3, 0.4) is 0 Å². The maximum absolute atomic E-state index is 12.2. The van der Waals surface area contributed by atoms with Crippen molar-refractivity contribution < 1.29 is 19.5 Å². The summed E-state index contributed by atoms with van der Waals surface area (Å²) in [5, 5.41) is 14.4. The van der Waals surface area contributed by atoms with Crippen molar-refractivity contribution in [1.29, 1.82) is 0 Å². The fourth-order valence-corrected chi connectivity index (χ4v) is 2.83. The van der Waals surface area contributed by atoms with Gasteiger partial charge in [0.1, 0.15) is 6.04 Å². The number of carbonyl (C=O) groups excluding carboxylic acids is 2. The van der Waals surface area contributed by atoms with Gasteiger partial charge in [0.05, 0.1) is 6.42 Å². The molecule has 0 radical (unpaired) electrons. The first-order valence-corrected chi connectivity index (χ1v) is 7.14. The van der Waals surface area contributed by atoms with Crippen LogP contribution < -0.4 is 10.6 Å². The molecule has 2 rings (SSSR count). The molecule has 0 spiro atoms. The van der Waals surface area contributed by atoms with Gasteiger partial charge in [0.15, 0.2) is 0 Å². The fraction of sp³-hybridized carbons (Fsp3) is 0.769. The van der Waals surface area contributed by atoms with Gasteiger partial charge in [-0.15, -0.1) is 0 Å². The summed E-state index contributed by atoms with van der Waals surface area (Å²) < 4.78 is 0. The first-order valence-electron chi connectivity index (χ1n) is 7.14. The van der Waals surface area contributed by atoms with E-state index in [2.05, 4.69) is 10.6 Å². The lowest BCUT2D eigenvalue weighted by molar-refractivity contribution is -0.142. The number of rotatable bonds is 3. The van der Waals surface area contributed by atoms with Crippen LogP contribution in [0.25, 0.3) is 0 Å². The van der Waals surface area contributed by atoms with Crippen molar-refractivity contribution in [2.75, 3.05) is 13.1 Å². The number of hydrogen-bond donors (Lipinski definition) is 3. The number of carboxylic acid groups (broad SMARTS) is 1. The Morgan fingerprint density at radius 3 is 2.65 bits per heavy atom. The molecule has 1 aliphatic heterocycles. The maximum atomic E-state index is 12.2. The highest BCUT2D eigenvalue weighted by molar-refractivity contribution is 5.91. The topological polar surface area (TPSA) is 98.7 Å². The minimum absolute atomic E-state index is 0.145. The third-order valence-electron chi connectivity index (χ3n) is 3.89. The molecule has 2 fully saturated rings. The van der Waals surface area contributed by atoms with E-state index in [0.717, 1.165) is 25.7 Å². The van der Waals surface area contributed by atoms with Crippen molar-refractivity contribution in [2.45, 2.75) is 50.6 Å². The average Bonchev–Trinajstić information content (AvgIpc) is 2.41. The van der Waals surface area contributed by atoms with E-state index < -0.39 is 17.9 Å². The van der Waals surface area contributed by atoms with Gasteiger partial charge in [-0.05, 0) is 12.8 Å². The van der Waals surface area contributed by atoms with Crippen molar-refractivity contribution in [3.63, 3.8) is 0 Å². The van der Waals surface area contributed by atoms with Gasteiger partial charge in [-0.3, -0.25) is 9.59 Å². The second-order valence-corrected chi connectivity index (χ2v) is 5.38. The van der Waals surface area contributed by atoms with Crippen LogP contribution in [0.15, 0.2) is 0 Å². The van der Waals surface area contributed by atoms with Crippen molar-refractivity contribution in [3.8, 4) is 0 Å². The highest BCUT2D eigenvalue weighted by atomic mass is 16.4. The summed E-state index contributed by atoms with van der Waals surface area (Å²) in [5.74, 6) is -1.47. The van der Waals surface area contributed by atoms with Gasteiger partial charge in [0, 0.05) is 19.1 Å². The number of nitrogens with one attached hydrogen (secondary N) is 2. The van der Waals surface area contributed by atoms with E-state index in [-0.39, 0.29) is 18.5 Å². The summed E-state index contributed by atoms with van der Waals surface area (Å²) in [7, 11) is 0. The highest BCUT2D eigenvalue weighted by Gasteiger charge is 2.35. The number of urea groups is 1. The molecule has 0 aromatic carbocycles. The van der Waals surface area contributed by atoms with E-state index in [1.807, 2.05) is 0 Å². The lowest BCUT2D eigenvalue weighted by Crippen LogP contribution is -2.60. The van der Waals surface area contributed by atoms with E-state index in [1.54, 1.807) is 0 Å². The van der Waals surface area contributed by atoms with E-state index in [9.17, 15) is 14.4 Å². The largest absolute Gasteiger partial charge is 0.481 e. The van der Waals surface area contributed by atoms with E-state index >= 15 is 0 Å². The Kier molecular flexibility index (Phi) is 4.81. The Hall–Kier alpha value is -1.79. The van der Waals surface area contributed by atoms with Gasteiger partial charge in [-0.25, -0.2) is 4.79 Å². The molecular weight excluding hydrogens is 262 g/mol. The van der Waals surface area contributed by atoms with Crippen LogP contribution in [0.2, 0.25) is 0 Å². The summed E-state index contributed by atoms with van der Waals surface area (Å²) in [5.41, 5.74) is 0. The molecule has 7 nitrogen and oxygen atoms in total. The molecule has 7 heteroatoms. The summed E-state index contributed by atoms with van der Waals surface area (Å²) >= 11 is 0. The zero-order valence-electron chi connectivity index (χ0n) is 11.4. The zero-order chi connectivity index (χ0) is 14.5. The molecule has 3 amide bonds. The molecule has 3 N–H and O–H groups in total. The summed E-state index contributed by atoms with van der Waals surface area (Å²) in [6.07, 6.45) is 4.95.